The SMILES string of the molecule is Cc1cccc2sc(C(=O)NN)c(OC(C)C)c12. The predicted octanol–water partition coefficient (Wildman–Crippen LogP) is 2.60. The number of nitrogens with two attached hydrogens (primary N) is 1. The third-order valence-electron chi connectivity index (χ3n) is 2.57. The average Bonchev–Trinajstić information content (AvgIpc) is 2.68. The number of ether oxygens (including phenoxy) is 1. The number of hydrogen-bond donors (Lipinski definition) is 2. The highest BCUT2D eigenvalue weighted by Gasteiger charge is 2.21. The summed E-state index contributed by atoms with van der Waals surface area (Å²) in [6, 6.07) is 5.96. The van der Waals surface area contributed by atoms with Gasteiger partial charge in [-0.05, 0) is 32.4 Å². The summed E-state index contributed by atoms with van der Waals surface area (Å²) < 4.78 is 6.83. The maximum Gasteiger partial charge on any atom is 0.279 e. The van der Waals surface area contributed by atoms with E-state index >= 15 is 0 Å². The molecule has 2 rings (SSSR count). The number of fused-ring (bicyclic) bond motifs is 1. The Morgan fingerprint density at radius 2 is 2.17 bits per heavy atom. The van der Waals surface area contributed by atoms with Gasteiger partial charge in [0.1, 0.15) is 4.88 Å². The summed E-state index contributed by atoms with van der Waals surface area (Å²) >= 11 is 1.40. The molecule has 0 aliphatic rings. The molecule has 0 radical (unpaired) electrons. The minimum absolute atomic E-state index is 0.00623. The number of amides is 1. The van der Waals surface area contributed by atoms with E-state index in [2.05, 4.69) is 5.43 Å². The molecule has 4 nitrogen and oxygen atoms in total. The van der Waals surface area contributed by atoms with E-state index in [-0.39, 0.29) is 12.0 Å². The third-order valence-corrected chi connectivity index (χ3v) is 3.71. The zero-order chi connectivity index (χ0) is 13.3. The lowest BCUT2D eigenvalue weighted by Crippen LogP contribution is -2.29. The minimum Gasteiger partial charge on any atom is -0.489 e. The molecule has 0 aliphatic heterocycles. The fourth-order valence-electron chi connectivity index (χ4n) is 1.85. The Kier molecular flexibility index (Phi) is 3.54. The topological polar surface area (TPSA) is 64.4 Å². The summed E-state index contributed by atoms with van der Waals surface area (Å²) in [5.41, 5.74) is 3.26. The van der Waals surface area contributed by atoms with Gasteiger partial charge in [0.2, 0.25) is 0 Å². The normalized spacial score (nSPS) is 10.9. The van der Waals surface area contributed by atoms with Crippen molar-refractivity contribution in [2.24, 2.45) is 5.84 Å². The summed E-state index contributed by atoms with van der Waals surface area (Å²) in [4.78, 5) is 12.3. The first-order valence-corrected chi connectivity index (χ1v) is 6.56. The highest BCUT2D eigenvalue weighted by molar-refractivity contribution is 7.21. The lowest BCUT2D eigenvalue weighted by molar-refractivity contribution is 0.0953. The molecule has 3 N–H and O–H groups in total. The second-order valence-corrected chi connectivity index (χ2v) is 5.40. The van der Waals surface area contributed by atoms with Crippen molar-refractivity contribution in [2.75, 3.05) is 0 Å². The average molecular weight is 264 g/mol. The Morgan fingerprint density at radius 3 is 2.78 bits per heavy atom. The predicted molar refractivity (Wildman–Crippen MR) is 74.0 cm³/mol. The molecule has 0 aliphatic carbocycles. The van der Waals surface area contributed by atoms with Crippen LogP contribution in [0.1, 0.15) is 29.1 Å². The van der Waals surface area contributed by atoms with Crippen LogP contribution in [0.2, 0.25) is 0 Å². The van der Waals surface area contributed by atoms with Gasteiger partial charge in [-0.3, -0.25) is 10.2 Å². The number of thiophene rings is 1. The summed E-state index contributed by atoms with van der Waals surface area (Å²) in [5.74, 6) is 5.53. The number of carbonyl (C=O) groups excluding carboxylic acids is 1. The Bertz CT molecular complexity index is 590. The molecule has 0 bridgehead atoms. The second-order valence-electron chi connectivity index (χ2n) is 4.35. The van der Waals surface area contributed by atoms with E-state index in [4.69, 9.17) is 10.6 Å². The van der Waals surface area contributed by atoms with Gasteiger partial charge in [-0.1, -0.05) is 12.1 Å². The van der Waals surface area contributed by atoms with Crippen LogP contribution in [-0.4, -0.2) is 12.0 Å². The molecule has 96 valence electrons. The maximum absolute atomic E-state index is 11.8. The number of hydrogen-bond acceptors (Lipinski definition) is 4. The smallest absolute Gasteiger partial charge is 0.279 e. The summed E-state index contributed by atoms with van der Waals surface area (Å²) in [7, 11) is 0. The van der Waals surface area contributed by atoms with Gasteiger partial charge in [-0.25, -0.2) is 5.84 Å². The van der Waals surface area contributed by atoms with Gasteiger partial charge in [0.15, 0.2) is 5.75 Å². The van der Waals surface area contributed by atoms with Crippen molar-refractivity contribution in [3.05, 3.63) is 28.6 Å². The van der Waals surface area contributed by atoms with Crippen LogP contribution in [0.4, 0.5) is 0 Å². The van der Waals surface area contributed by atoms with Gasteiger partial charge in [-0.2, -0.15) is 0 Å². The van der Waals surface area contributed by atoms with E-state index in [0.29, 0.717) is 10.6 Å². The lowest BCUT2D eigenvalue weighted by atomic mass is 10.1. The fourth-order valence-corrected chi connectivity index (χ4v) is 2.97. The van der Waals surface area contributed by atoms with Gasteiger partial charge in [0.25, 0.3) is 5.91 Å². The van der Waals surface area contributed by atoms with E-state index in [0.717, 1.165) is 15.6 Å². The quantitative estimate of drug-likeness (QED) is 0.509. The molecule has 18 heavy (non-hydrogen) atoms. The van der Waals surface area contributed by atoms with E-state index < -0.39 is 0 Å². The molecule has 0 saturated heterocycles. The van der Waals surface area contributed by atoms with Crippen LogP contribution >= 0.6 is 11.3 Å². The van der Waals surface area contributed by atoms with Crippen molar-refractivity contribution in [1.82, 2.24) is 5.43 Å². The van der Waals surface area contributed by atoms with Crippen molar-refractivity contribution in [1.29, 1.82) is 0 Å². The second kappa shape index (κ2) is 4.96. The Morgan fingerprint density at radius 1 is 1.44 bits per heavy atom. The van der Waals surface area contributed by atoms with Crippen LogP contribution in [0.25, 0.3) is 10.1 Å². The standard InChI is InChI=1S/C13H16N2O2S/c1-7(2)17-11-10-8(3)5-4-6-9(10)18-12(11)13(16)15-14/h4-7H,14H2,1-3H3,(H,15,16). The van der Waals surface area contributed by atoms with Gasteiger partial charge < -0.3 is 4.74 Å². The van der Waals surface area contributed by atoms with Crippen molar-refractivity contribution in [2.45, 2.75) is 26.9 Å². The van der Waals surface area contributed by atoms with Crippen molar-refractivity contribution < 1.29 is 9.53 Å². The molecule has 0 fully saturated rings. The Hall–Kier alpha value is -1.59. The molecule has 1 heterocycles. The van der Waals surface area contributed by atoms with Crippen molar-refractivity contribution in [3.63, 3.8) is 0 Å². The third kappa shape index (κ3) is 2.19. The Balaban J connectivity index is 2.69. The van der Waals surface area contributed by atoms with E-state index in [9.17, 15) is 4.79 Å². The molecule has 0 saturated carbocycles. The molecule has 1 aromatic carbocycles. The zero-order valence-electron chi connectivity index (χ0n) is 10.6. The molecular weight excluding hydrogens is 248 g/mol. The molecular formula is C13H16N2O2S. The van der Waals surface area contributed by atoms with E-state index in [1.54, 1.807) is 0 Å². The highest BCUT2D eigenvalue weighted by Crippen LogP contribution is 2.40. The monoisotopic (exact) mass is 264 g/mol. The number of benzene rings is 1. The first kappa shape index (κ1) is 12.9. The minimum atomic E-state index is -0.314. The summed E-state index contributed by atoms with van der Waals surface area (Å²) in [5, 5.41) is 0.995. The van der Waals surface area contributed by atoms with Crippen LogP contribution in [-0.2, 0) is 0 Å². The molecule has 5 heteroatoms. The molecule has 0 unspecified atom stereocenters. The number of hydrazine groups is 1. The fraction of sp³-hybridized carbons (Fsp3) is 0.308. The number of aryl methyl sites for hydroxylation is 1. The maximum atomic E-state index is 11.8. The van der Waals surface area contributed by atoms with E-state index in [1.165, 1.54) is 11.3 Å². The summed E-state index contributed by atoms with van der Waals surface area (Å²) in [6.07, 6.45) is 0.00623. The highest BCUT2D eigenvalue weighted by atomic mass is 32.1. The van der Waals surface area contributed by atoms with Crippen LogP contribution in [0.5, 0.6) is 5.75 Å². The van der Waals surface area contributed by atoms with Gasteiger partial charge in [-0.15, -0.1) is 11.3 Å². The first-order valence-electron chi connectivity index (χ1n) is 5.74. The van der Waals surface area contributed by atoms with Crippen molar-refractivity contribution >= 4 is 27.3 Å². The van der Waals surface area contributed by atoms with Crippen molar-refractivity contribution in [3.8, 4) is 5.75 Å². The zero-order valence-corrected chi connectivity index (χ0v) is 11.4. The lowest BCUT2D eigenvalue weighted by Gasteiger charge is -2.11. The van der Waals surface area contributed by atoms with Crippen LogP contribution in [0.3, 0.4) is 0 Å². The van der Waals surface area contributed by atoms with Crippen LogP contribution < -0.4 is 16.0 Å². The molecule has 0 spiro atoms. The number of nitrogens with one attached hydrogen (secondary N) is 1. The van der Waals surface area contributed by atoms with Crippen LogP contribution in [0.15, 0.2) is 18.2 Å². The molecule has 1 amide bonds. The van der Waals surface area contributed by atoms with Gasteiger partial charge in [0.05, 0.1) is 6.10 Å². The number of carbonyl (C=O) groups is 1. The van der Waals surface area contributed by atoms with Gasteiger partial charge in [0, 0.05) is 10.1 Å². The number of nitrogen functional groups attached to an aromatic ring is 1. The van der Waals surface area contributed by atoms with Gasteiger partial charge >= 0.3 is 0 Å². The Labute approximate surface area is 110 Å². The molecule has 1 aromatic heterocycles. The number of rotatable bonds is 3. The first-order chi connectivity index (χ1) is 8.54. The molecule has 2 aromatic rings. The summed E-state index contributed by atoms with van der Waals surface area (Å²) in [6.45, 7) is 5.88. The van der Waals surface area contributed by atoms with E-state index in [1.807, 2.05) is 39.0 Å². The largest absolute Gasteiger partial charge is 0.489 e. The van der Waals surface area contributed by atoms with Crippen LogP contribution in [0, 0.1) is 6.92 Å². The molecule has 0 atom stereocenters.